The van der Waals surface area contributed by atoms with Crippen molar-refractivity contribution in [2.75, 3.05) is 12.3 Å². The SMILES string of the molecule is C.C.C.CC(C)NCC(F)(F)F.CC(C)c1cccc(N)n1.[Y]. The smallest absolute Gasteiger partial charge is 0.384 e. The number of nitrogen functional groups attached to an aromatic ring is 1. The van der Waals surface area contributed by atoms with Crippen molar-refractivity contribution in [3.05, 3.63) is 23.9 Å². The number of hydrogen-bond donors (Lipinski definition) is 2. The summed E-state index contributed by atoms with van der Waals surface area (Å²) in [5.41, 5.74) is 6.54. The number of halogens is 3. The van der Waals surface area contributed by atoms with Gasteiger partial charge in [-0.15, -0.1) is 0 Å². The molecule has 0 fully saturated rings. The average molecular weight is 414 g/mol. The Bertz CT molecular complexity index is 370. The molecule has 1 rings (SSSR count). The van der Waals surface area contributed by atoms with Crippen molar-refractivity contribution >= 4 is 5.82 Å². The second-order valence-electron chi connectivity index (χ2n) is 4.79. The number of anilines is 1. The number of pyridine rings is 1. The molecule has 0 aliphatic heterocycles. The van der Waals surface area contributed by atoms with Gasteiger partial charge in [0.25, 0.3) is 0 Å². The summed E-state index contributed by atoms with van der Waals surface area (Å²) in [6.07, 6.45) is -4.08. The van der Waals surface area contributed by atoms with E-state index >= 15 is 0 Å². The predicted octanol–water partition coefficient (Wildman–Crippen LogP) is 5.24. The molecule has 0 aliphatic rings. The third kappa shape index (κ3) is 21.8. The summed E-state index contributed by atoms with van der Waals surface area (Å²) in [5.74, 6) is 1.06. The molecule has 1 heterocycles. The fourth-order valence-corrected chi connectivity index (χ4v) is 1.11. The van der Waals surface area contributed by atoms with Gasteiger partial charge >= 0.3 is 6.18 Å². The van der Waals surface area contributed by atoms with E-state index in [0.29, 0.717) is 11.7 Å². The molecule has 0 unspecified atom stereocenters. The van der Waals surface area contributed by atoms with Gasteiger partial charge in [-0.2, -0.15) is 13.2 Å². The van der Waals surface area contributed by atoms with Crippen LogP contribution in [-0.2, 0) is 32.7 Å². The molecule has 3 N–H and O–H groups in total. The molecule has 1 radical (unpaired) electrons. The van der Waals surface area contributed by atoms with Crippen LogP contribution in [0.3, 0.4) is 0 Å². The second kappa shape index (κ2) is 16.7. The Balaban J connectivity index is -0.0000000804. The van der Waals surface area contributed by atoms with Gasteiger partial charge in [0.1, 0.15) is 5.82 Å². The van der Waals surface area contributed by atoms with Gasteiger partial charge in [0.15, 0.2) is 0 Å². The Morgan fingerprint density at radius 2 is 1.57 bits per heavy atom. The molecule has 0 amide bonds. The third-order valence-electron chi connectivity index (χ3n) is 2.09. The molecule has 0 spiro atoms. The van der Waals surface area contributed by atoms with E-state index in [1.807, 2.05) is 12.1 Å². The molecular weight excluding hydrogens is 380 g/mol. The zero-order chi connectivity index (χ0) is 15.1. The van der Waals surface area contributed by atoms with Crippen LogP contribution in [0.4, 0.5) is 19.0 Å². The molecule has 0 saturated heterocycles. The monoisotopic (exact) mass is 414 g/mol. The van der Waals surface area contributed by atoms with Crippen molar-refractivity contribution in [1.29, 1.82) is 0 Å². The first-order valence-corrected chi connectivity index (χ1v) is 6.14. The van der Waals surface area contributed by atoms with Crippen molar-refractivity contribution < 1.29 is 45.9 Å². The number of nitrogens with one attached hydrogen (secondary N) is 1. The molecule has 0 bridgehead atoms. The van der Waals surface area contributed by atoms with E-state index in [9.17, 15) is 13.2 Å². The Labute approximate surface area is 165 Å². The van der Waals surface area contributed by atoms with E-state index in [0.717, 1.165) is 5.69 Å². The summed E-state index contributed by atoms with van der Waals surface area (Å²) < 4.78 is 34.1. The van der Waals surface area contributed by atoms with Gasteiger partial charge in [-0.25, -0.2) is 4.98 Å². The summed E-state index contributed by atoms with van der Waals surface area (Å²) in [7, 11) is 0. The van der Waals surface area contributed by atoms with Gasteiger partial charge in [-0.05, 0) is 18.1 Å². The first-order valence-electron chi connectivity index (χ1n) is 6.14. The Hall–Kier alpha value is -0.196. The molecule has 23 heavy (non-hydrogen) atoms. The molecule has 3 nitrogen and oxygen atoms in total. The van der Waals surface area contributed by atoms with E-state index < -0.39 is 12.7 Å². The molecular formula is C16H34F3N3Y. The predicted molar refractivity (Wildman–Crippen MR) is 92.1 cm³/mol. The van der Waals surface area contributed by atoms with Crippen molar-refractivity contribution in [2.24, 2.45) is 0 Å². The van der Waals surface area contributed by atoms with Gasteiger partial charge < -0.3 is 11.1 Å². The molecule has 7 heteroatoms. The Kier molecular flexibility index (Phi) is 24.8. The minimum absolute atomic E-state index is 0. The van der Waals surface area contributed by atoms with Crippen LogP contribution in [0.25, 0.3) is 0 Å². The summed E-state index contributed by atoms with van der Waals surface area (Å²) in [5, 5.41) is 2.26. The molecule has 0 aromatic carbocycles. The quantitative estimate of drug-likeness (QED) is 0.711. The molecule has 0 atom stereocenters. The van der Waals surface area contributed by atoms with E-state index in [1.54, 1.807) is 19.9 Å². The van der Waals surface area contributed by atoms with E-state index in [4.69, 9.17) is 5.73 Å². The fourth-order valence-electron chi connectivity index (χ4n) is 1.11. The number of nitrogens with zero attached hydrogens (tertiary/aromatic N) is 1. The van der Waals surface area contributed by atoms with Gasteiger partial charge in [0, 0.05) is 44.4 Å². The summed E-state index contributed by atoms with van der Waals surface area (Å²) in [4.78, 5) is 4.15. The van der Waals surface area contributed by atoms with Gasteiger partial charge in [0.2, 0.25) is 0 Å². The maximum Gasteiger partial charge on any atom is 0.401 e. The van der Waals surface area contributed by atoms with Crippen LogP contribution < -0.4 is 11.1 Å². The van der Waals surface area contributed by atoms with Crippen LogP contribution in [0, 0.1) is 0 Å². The molecule has 0 saturated carbocycles. The molecule has 1 aromatic rings. The maximum atomic E-state index is 11.4. The molecule has 137 valence electrons. The topological polar surface area (TPSA) is 50.9 Å². The van der Waals surface area contributed by atoms with Crippen LogP contribution in [0.15, 0.2) is 18.2 Å². The number of hydrogen-bond acceptors (Lipinski definition) is 3. The maximum absolute atomic E-state index is 11.4. The molecule has 1 aromatic heterocycles. The average Bonchev–Trinajstić information content (AvgIpc) is 2.26. The van der Waals surface area contributed by atoms with Gasteiger partial charge in [0.05, 0.1) is 6.54 Å². The first-order chi connectivity index (χ1) is 8.61. The van der Waals surface area contributed by atoms with Crippen LogP contribution in [0.1, 0.15) is 61.6 Å². The zero-order valence-corrected chi connectivity index (χ0v) is 15.2. The Morgan fingerprint density at radius 1 is 1.09 bits per heavy atom. The largest absolute Gasteiger partial charge is 0.401 e. The van der Waals surface area contributed by atoms with Crippen LogP contribution in [0.5, 0.6) is 0 Å². The number of alkyl halides is 3. The minimum Gasteiger partial charge on any atom is -0.384 e. The standard InChI is InChI=1S/C8H12N2.C5H10F3N.3CH4.Y/c1-6(2)7-4-3-5-8(9)10-7;1-4(2)9-3-5(6,7)8;;;;/h3-6H,1-2H3,(H2,9,10);4,9H,3H2,1-2H3;3*1H4;. The van der Waals surface area contributed by atoms with E-state index in [-0.39, 0.29) is 61.0 Å². The summed E-state index contributed by atoms with van der Waals surface area (Å²) in [6.45, 7) is 6.64. The van der Waals surface area contributed by atoms with E-state index in [2.05, 4.69) is 24.1 Å². The summed E-state index contributed by atoms with van der Waals surface area (Å²) >= 11 is 0. The number of aromatic nitrogens is 1. The van der Waals surface area contributed by atoms with E-state index in [1.165, 1.54) is 0 Å². The second-order valence-corrected chi connectivity index (χ2v) is 4.79. The number of rotatable bonds is 3. The van der Waals surface area contributed by atoms with Crippen molar-refractivity contribution in [3.63, 3.8) is 0 Å². The number of nitrogens with two attached hydrogens (primary N) is 1. The molecule has 0 aliphatic carbocycles. The van der Waals surface area contributed by atoms with Crippen LogP contribution in [0.2, 0.25) is 0 Å². The van der Waals surface area contributed by atoms with Gasteiger partial charge in [-0.3, -0.25) is 0 Å². The van der Waals surface area contributed by atoms with Crippen LogP contribution >= 0.6 is 0 Å². The van der Waals surface area contributed by atoms with Crippen molar-refractivity contribution in [2.45, 2.75) is 68.1 Å². The minimum atomic E-state index is -4.08. The van der Waals surface area contributed by atoms with Gasteiger partial charge in [-0.1, -0.05) is 56.0 Å². The first kappa shape index (κ1) is 34.2. The zero-order valence-electron chi connectivity index (χ0n) is 12.3. The van der Waals surface area contributed by atoms with Crippen molar-refractivity contribution in [1.82, 2.24) is 10.3 Å². The third-order valence-corrected chi connectivity index (χ3v) is 2.09. The van der Waals surface area contributed by atoms with Crippen LogP contribution in [-0.4, -0.2) is 23.7 Å². The fraction of sp³-hybridized carbons (Fsp3) is 0.688. The Morgan fingerprint density at radius 3 is 1.78 bits per heavy atom. The normalized spacial score (nSPS) is 9.43. The summed E-state index contributed by atoms with van der Waals surface area (Å²) in [6, 6.07) is 5.61. The van der Waals surface area contributed by atoms with Crippen molar-refractivity contribution in [3.8, 4) is 0 Å².